The van der Waals surface area contributed by atoms with Crippen LogP contribution in [-0.2, 0) is 12.0 Å². The molecule has 1 saturated carbocycles. The van der Waals surface area contributed by atoms with E-state index in [1.807, 2.05) is 0 Å². The van der Waals surface area contributed by atoms with Crippen LogP contribution in [0.5, 0.6) is 0 Å². The van der Waals surface area contributed by atoms with Crippen molar-refractivity contribution in [1.29, 1.82) is 0 Å². The molecule has 0 aliphatic heterocycles. The third kappa shape index (κ3) is 2.33. The van der Waals surface area contributed by atoms with Gasteiger partial charge in [0.2, 0.25) is 5.89 Å². The van der Waals surface area contributed by atoms with E-state index in [2.05, 4.69) is 27.0 Å². The van der Waals surface area contributed by atoms with Crippen molar-refractivity contribution < 1.29 is 4.52 Å². The summed E-state index contributed by atoms with van der Waals surface area (Å²) in [6.07, 6.45) is 6.20. The number of nitrogens with two attached hydrogens (primary N) is 1. The monoisotopic (exact) mass is 263 g/mol. The molecule has 3 rings (SSSR count). The number of hydrogen-bond donors (Lipinski definition) is 1. The van der Waals surface area contributed by atoms with Crippen LogP contribution in [0, 0.1) is 0 Å². The fourth-order valence-electron chi connectivity index (χ4n) is 2.50. The predicted molar refractivity (Wildman–Crippen MR) is 70.4 cm³/mol. The first-order valence-electron chi connectivity index (χ1n) is 6.39. The van der Waals surface area contributed by atoms with E-state index < -0.39 is 0 Å². The third-order valence-corrected chi connectivity index (χ3v) is 4.33. The lowest BCUT2D eigenvalue weighted by Crippen LogP contribution is -2.39. The molecular formula is C13H17N3OS. The van der Waals surface area contributed by atoms with Crippen molar-refractivity contribution in [2.75, 3.05) is 0 Å². The fraction of sp³-hybridized carbons (Fsp3) is 0.538. The maximum atomic E-state index is 6.38. The smallest absolute Gasteiger partial charge is 0.231 e. The summed E-state index contributed by atoms with van der Waals surface area (Å²) in [7, 11) is 0. The molecule has 0 radical (unpaired) electrons. The molecule has 2 aromatic heterocycles. The second kappa shape index (κ2) is 4.82. The number of thiophene rings is 1. The Morgan fingerprint density at radius 2 is 2.17 bits per heavy atom. The molecule has 2 N–H and O–H groups in total. The SMILES string of the molecule is NC1(c2noc(Cc3ccsc3)n2)CCCCC1. The van der Waals surface area contributed by atoms with Crippen LogP contribution in [0.15, 0.2) is 21.3 Å². The van der Waals surface area contributed by atoms with Gasteiger partial charge in [0.1, 0.15) is 0 Å². The average molecular weight is 263 g/mol. The van der Waals surface area contributed by atoms with E-state index in [4.69, 9.17) is 10.3 Å². The maximum Gasteiger partial charge on any atom is 0.231 e. The van der Waals surface area contributed by atoms with Crippen LogP contribution in [0.2, 0.25) is 0 Å². The summed E-state index contributed by atoms with van der Waals surface area (Å²) in [6, 6.07) is 2.08. The van der Waals surface area contributed by atoms with Gasteiger partial charge in [-0.25, -0.2) is 0 Å². The highest BCUT2D eigenvalue weighted by molar-refractivity contribution is 7.07. The second-order valence-corrected chi connectivity index (χ2v) is 5.82. The lowest BCUT2D eigenvalue weighted by atomic mass is 9.82. The van der Waals surface area contributed by atoms with E-state index in [-0.39, 0.29) is 5.54 Å². The zero-order valence-electron chi connectivity index (χ0n) is 10.3. The van der Waals surface area contributed by atoms with Crippen LogP contribution in [0.1, 0.15) is 49.4 Å². The Morgan fingerprint density at radius 1 is 1.33 bits per heavy atom. The van der Waals surface area contributed by atoms with Gasteiger partial charge in [-0.05, 0) is 35.2 Å². The number of aromatic nitrogens is 2. The van der Waals surface area contributed by atoms with Gasteiger partial charge in [-0.3, -0.25) is 0 Å². The second-order valence-electron chi connectivity index (χ2n) is 5.04. The Morgan fingerprint density at radius 3 is 2.89 bits per heavy atom. The Balaban J connectivity index is 1.76. The van der Waals surface area contributed by atoms with Crippen molar-refractivity contribution in [3.05, 3.63) is 34.1 Å². The molecule has 1 aliphatic carbocycles. The molecule has 0 amide bonds. The molecule has 5 heteroatoms. The van der Waals surface area contributed by atoms with E-state index in [9.17, 15) is 0 Å². The van der Waals surface area contributed by atoms with Crippen molar-refractivity contribution in [2.24, 2.45) is 5.73 Å². The summed E-state index contributed by atoms with van der Waals surface area (Å²) in [5.74, 6) is 1.35. The Kier molecular flexibility index (Phi) is 3.18. The lowest BCUT2D eigenvalue weighted by molar-refractivity contribution is 0.273. The zero-order valence-corrected chi connectivity index (χ0v) is 11.1. The molecular weight excluding hydrogens is 246 g/mol. The summed E-state index contributed by atoms with van der Waals surface area (Å²) >= 11 is 1.68. The first kappa shape index (κ1) is 11.9. The van der Waals surface area contributed by atoms with Gasteiger partial charge in [-0.2, -0.15) is 16.3 Å². The largest absolute Gasteiger partial charge is 0.339 e. The first-order chi connectivity index (χ1) is 8.76. The molecule has 1 fully saturated rings. The number of hydrogen-bond acceptors (Lipinski definition) is 5. The number of rotatable bonds is 3. The van der Waals surface area contributed by atoms with Crippen molar-refractivity contribution >= 4 is 11.3 Å². The van der Waals surface area contributed by atoms with Crippen LogP contribution in [-0.4, -0.2) is 10.1 Å². The molecule has 18 heavy (non-hydrogen) atoms. The Bertz CT molecular complexity index is 500. The summed E-state index contributed by atoms with van der Waals surface area (Å²) in [5.41, 5.74) is 7.23. The van der Waals surface area contributed by atoms with Crippen LogP contribution in [0.25, 0.3) is 0 Å². The lowest BCUT2D eigenvalue weighted by Gasteiger charge is -2.29. The van der Waals surface area contributed by atoms with E-state index in [0.29, 0.717) is 18.1 Å². The fourth-order valence-corrected chi connectivity index (χ4v) is 3.17. The minimum atomic E-state index is -0.366. The Hall–Kier alpha value is -1.20. The van der Waals surface area contributed by atoms with Crippen molar-refractivity contribution in [3.63, 3.8) is 0 Å². The normalized spacial score (nSPS) is 18.9. The topological polar surface area (TPSA) is 64.9 Å². The molecule has 96 valence electrons. The quantitative estimate of drug-likeness (QED) is 0.924. The van der Waals surface area contributed by atoms with Gasteiger partial charge >= 0.3 is 0 Å². The highest BCUT2D eigenvalue weighted by atomic mass is 32.1. The molecule has 1 aliphatic rings. The molecule has 2 heterocycles. The minimum absolute atomic E-state index is 0.366. The molecule has 0 unspecified atom stereocenters. The first-order valence-corrected chi connectivity index (χ1v) is 7.34. The molecule has 0 saturated heterocycles. The standard InChI is InChI=1S/C13H17N3OS/c14-13(5-2-1-3-6-13)12-15-11(17-16-12)8-10-4-7-18-9-10/h4,7,9H,1-3,5-6,8,14H2. The molecule has 0 atom stereocenters. The summed E-state index contributed by atoms with van der Waals surface area (Å²) < 4.78 is 5.32. The van der Waals surface area contributed by atoms with Crippen molar-refractivity contribution in [3.8, 4) is 0 Å². The van der Waals surface area contributed by atoms with Crippen LogP contribution < -0.4 is 5.73 Å². The molecule has 0 aromatic carbocycles. The van der Waals surface area contributed by atoms with Gasteiger partial charge in [0.25, 0.3) is 0 Å². The molecule has 2 aromatic rings. The predicted octanol–water partition coefficient (Wildman–Crippen LogP) is 2.84. The van der Waals surface area contributed by atoms with Crippen LogP contribution >= 0.6 is 11.3 Å². The molecule has 0 bridgehead atoms. The number of nitrogens with zero attached hydrogens (tertiary/aromatic N) is 2. The highest BCUT2D eigenvalue weighted by Crippen LogP contribution is 2.33. The van der Waals surface area contributed by atoms with E-state index in [1.165, 1.54) is 12.0 Å². The third-order valence-electron chi connectivity index (χ3n) is 3.59. The maximum absolute atomic E-state index is 6.38. The van der Waals surface area contributed by atoms with Gasteiger partial charge in [-0.15, -0.1) is 0 Å². The van der Waals surface area contributed by atoms with Crippen molar-refractivity contribution in [1.82, 2.24) is 10.1 Å². The highest BCUT2D eigenvalue weighted by Gasteiger charge is 2.34. The van der Waals surface area contributed by atoms with E-state index >= 15 is 0 Å². The van der Waals surface area contributed by atoms with Gasteiger partial charge in [-0.1, -0.05) is 24.4 Å². The van der Waals surface area contributed by atoms with Gasteiger partial charge in [0, 0.05) is 0 Å². The summed E-state index contributed by atoms with van der Waals surface area (Å²) in [5, 5.41) is 8.24. The average Bonchev–Trinajstić information content (AvgIpc) is 3.02. The van der Waals surface area contributed by atoms with Gasteiger partial charge in [0.05, 0.1) is 12.0 Å². The van der Waals surface area contributed by atoms with E-state index in [1.54, 1.807) is 11.3 Å². The van der Waals surface area contributed by atoms with Crippen LogP contribution in [0.4, 0.5) is 0 Å². The summed E-state index contributed by atoms with van der Waals surface area (Å²) in [6.45, 7) is 0. The van der Waals surface area contributed by atoms with Gasteiger partial charge in [0.15, 0.2) is 5.82 Å². The van der Waals surface area contributed by atoms with Gasteiger partial charge < -0.3 is 10.3 Å². The summed E-state index contributed by atoms with van der Waals surface area (Å²) in [4.78, 5) is 4.48. The zero-order chi connectivity index (χ0) is 12.4. The molecule has 4 nitrogen and oxygen atoms in total. The van der Waals surface area contributed by atoms with E-state index in [0.717, 1.165) is 25.7 Å². The van der Waals surface area contributed by atoms with Crippen LogP contribution in [0.3, 0.4) is 0 Å². The molecule has 0 spiro atoms. The van der Waals surface area contributed by atoms with Crippen molar-refractivity contribution in [2.45, 2.75) is 44.1 Å². The Labute approximate surface area is 110 Å². The minimum Gasteiger partial charge on any atom is -0.339 e.